The van der Waals surface area contributed by atoms with Crippen molar-refractivity contribution < 1.29 is 9.53 Å². The van der Waals surface area contributed by atoms with E-state index in [1.54, 1.807) is 4.90 Å². The maximum absolute atomic E-state index is 12.3. The Morgan fingerprint density at radius 3 is 2.70 bits per heavy atom. The molecule has 0 atom stereocenters. The van der Waals surface area contributed by atoms with E-state index in [1.165, 1.54) is 16.7 Å². The van der Waals surface area contributed by atoms with Crippen LogP contribution in [-0.2, 0) is 6.42 Å². The second-order valence-electron chi connectivity index (χ2n) is 5.93. The van der Waals surface area contributed by atoms with Crippen molar-refractivity contribution in [3.8, 4) is 5.75 Å². The number of amides is 2. The first kappa shape index (κ1) is 15.4. The molecule has 1 N–H and O–H groups in total. The lowest BCUT2D eigenvalue weighted by atomic mass is 10.1. The van der Waals surface area contributed by atoms with Crippen molar-refractivity contribution in [1.29, 1.82) is 0 Å². The Morgan fingerprint density at radius 2 is 1.91 bits per heavy atom. The smallest absolute Gasteiger partial charge is 0.322 e. The number of carbonyl (C=O) groups excluding carboxylic acids is 1. The number of para-hydroxylation sites is 1. The van der Waals surface area contributed by atoms with Crippen molar-refractivity contribution in [2.45, 2.75) is 20.3 Å². The number of nitrogens with zero attached hydrogens (tertiary/aromatic N) is 1. The number of hydrogen-bond acceptors (Lipinski definition) is 2. The van der Waals surface area contributed by atoms with Crippen LogP contribution in [0.25, 0.3) is 0 Å². The molecule has 120 valence electrons. The van der Waals surface area contributed by atoms with Crippen LogP contribution < -0.4 is 15.0 Å². The summed E-state index contributed by atoms with van der Waals surface area (Å²) < 4.78 is 5.72. The van der Waals surface area contributed by atoms with Gasteiger partial charge in [0.15, 0.2) is 0 Å². The fraction of sp³-hybridized carbons (Fsp3) is 0.316. The summed E-state index contributed by atoms with van der Waals surface area (Å²) in [6, 6.07) is 14.1. The lowest BCUT2D eigenvalue weighted by Gasteiger charge is -2.18. The largest absolute Gasteiger partial charge is 0.492 e. The molecule has 0 radical (unpaired) electrons. The molecule has 0 aromatic heterocycles. The van der Waals surface area contributed by atoms with Gasteiger partial charge in [-0.05, 0) is 55.2 Å². The van der Waals surface area contributed by atoms with Gasteiger partial charge in [0.2, 0.25) is 0 Å². The van der Waals surface area contributed by atoms with E-state index in [0.717, 1.165) is 24.4 Å². The first-order valence-electron chi connectivity index (χ1n) is 7.98. The minimum atomic E-state index is -0.0565. The van der Waals surface area contributed by atoms with Gasteiger partial charge in [-0.1, -0.05) is 24.3 Å². The van der Waals surface area contributed by atoms with Gasteiger partial charge in [0.05, 0.1) is 6.54 Å². The maximum Gasteiger partial charge on any atom is 0.322 e. The summed E-state index contributed by atoms with van der Waals surface area (Å²) in [5.41, 5.74) is 4.60. The van der Waals surface area contributed by atoms with Crippen LogP contribution in [0.2, 0.25) is 0 Å². The zero-order valence-electron chi connectivity index (χ0n) is 13.6. The van der Waals surface area contributed by atoms with Crippen LogP contribution in [0.1, 0.15) is 16.7 Å². The number of rotatable bonds is 4. The molecule has 1 aliphatic heterocycles. The average molecular weight is 310 g/mol. The Kier molecular flexibility index (Phi) is 4.51. The molecule has 1 aliphatic rings. The van der Waals surface area contributed by atoms with Gasteiger partial charge in [0, 0.05) is 12.2 Å². The van der Waals surface area contributed by atoms with Gasteiger partial charge in [-0.3, -0.25) is 4.90 Å². The summed E-state index contributed by atoms with van der Waals surface area (Å²) >= 11 is 0. The average Bonchev–Trinajstić information content (AvgIpc) is 2.94. The van der Waals surface area contributed by atoms with E-state index in [1.807, 2.05) is 44.2 Å². The number of urea groups is 1. The van der Waals surface area contributed by atoms with Gasteiger partial charge in [-0.2, -0.15) is 0 Å². The first-order chi connectivity index (χ1) is 11.1. The number of carbonyl (C=O) groups is 1. The van der Waals surface area contributed by atoms with E-state index in [2.05, 4.69) is 17.4 Å². The first-order valence-corrected chi connectivity index (χ1v) is 7.98. The Balaban J connectivity index is 1.49. The third-order valence-electron chi connectivity index (χ3n) is 3.97. The van der Waals surface area contributed by atoms with Gasteiger partial charge in [-0.25, -0.2) is 4.79 Å². The number of anilines is 1. The topological polar surface area (TPSA) is 41.6 Å². The normalized spacial score (nSPS) is 12.9. The summed E-state index contributed by atoms with van der Waals surface area (Å²) in [6.45, 7) is 5.79. The Bertz CT molecular complexity index is 692. The molecule has 4 heteroatoms. The van der Waals surface area contributed by atoms with Crippen LogP contribution in [0.15, 0.2) is 42.5 Å². The minimum Gasteiger partial charge on any atom is -0.492 e. The number of nitrogens with one attached hydrogen (secondary N) is 1. The quantitative estimate of drug-likeness (QED) is 0.879. The second kappa shape index (κ2) is 6.73. The molecular formula is C19H22N2O2. The molecule has 0 spiro atoms. The molecule has 0 bridgehead atoms. The van der Waals surface area contributed by atoms with E-state index in [0.29, 0.717) is 13.2 Å². The van der Waals surface area contributed by atoms with Crippen LogP contribution in [-0.4, -0.2) is 25.7 Å². The van der Waals surface area contributed by atoms with Crippen LogP contribution in [0.3, 0.4) is 0 Å². The summed E-state index contributed by atoms with van der Waals surface area (Å²) in [5.74, 6) is 0.850. The number of ether oxygens (including phenoxy) is 1. The highest BCUT2D eigenvalue weighted by Crippen LogP contribution is 2.27. The molecular weight excluding hydrogens is 288 g/mol. The lowest BCUT2D eigenvalue weighted by Crippen LogP contribution is -2.40. The van der Waals surface area contributed by atoms with Crippen molar-refractivity contribution in [2.75, 3.05) is 24.6 Å². The zero-order chi connectivity index (χ0) is 16.2. The van der Waals surface area contributed by atoms with Crippen molar-refractivity contribution in [3.63, 3.8) is 0 Å². The van der Waals surface area contributed by atoms with E-state index in [-0.39, 0.29) is 6.03 Å². The fourth-order valence-corrected chi connectivity index (χ4v) is 2.99. The van der Waals surface area contributed by atoms with E-state index in [4.69, 9.17) is 4.74 Å². The monoisotopic (exact) mass is 310 g/mol. The van der Waals surface area contributed by atoms with E-state index >= 15 is 0 Å². The van der Waals surface area contributed by atoms with Crippen LogP contribution in [0.5, 0.6) is 5.75 Å². The molecule has 0 saturated carbocycles. The molecule has 2 aromatic rings. The molecule has 2 aromatic carbocycles. The summed E-state index contributed by atoms with van der Waals surface area (Å²) in [7, 11) is 0. The Morgan fingerprint density at radius 1 is 1.17 bits per heavy atom. The Labute approximate surface area is 137 Å². The highest BCUT2D eigenvalue weighted by Gasteiger charge is 2.23. The number of benzene rings is 2. The molecule has 0 saturated heterocycles. The van der Waals surface area contributed by atoms with E-state index < -0.39 is 0 Å². The van der Waals surface area contributed by atoms with Crippen LogP contribution in [0.4, 0.5) is 10.5 Å². The van der Waals surface area contributed by atoms with Crippen LogP contribution >= 0.6 is 0 Å². The van der Waals surface area contributed by atoms with Crippen molar-refractivity contribution in [2.24, 2.45) is 0 Å². The molecule has 4 nitrogen and oxygen atoms in total. The second-order valence-corrected chi connectivity index (χ2v) is 5.93. The molecule has 2 amide bonds. The third kappa shape index (κ3) is 3.65. The van der Waals surface area contributed by atoms with Gasteiger partial charge >= 0.3 is 6.03 Å². The summed E-state index contributed by atoms with van der Waals surface area (Å²) in [5, 5.41) is 2.93. The Hall–Kier alpha value is -2.49. The summed E-state index contributed by atoms with van der Waals surface area (Å²) in [6.07, 6.45) is 0.919. The summed E-state index contributed by atoms with van der Waals surface area (Å²) in [4.78, 5) is 14.1. The van der Waals surface area contributed by atoms with Gasteiger partial charge in [0.25, 0.3) is 0 Å². The van der Waals surface area contributed by atoms with Crippen molar-refractivity contribution in [1.82, 2.24) is 5.32 Å². The van der Waals surface area contributed by atoms with Crippen LogP contribution in [0, 0.1) is 13.8 Å². The predicted molar refractivity (Wildman–Crippen MR) is 92.3 cm³/mol. The van der Waals surface area contributed by atoms with Gasteiger partial charge in [0.1, 0.15) is 12.4 Å². The number of aryl methyl sites for hydroxylation is 2. The number of fused-ring (bicyclic) bond motifs is 1. The zero-order valence-corrected chi connectivity index (χ0v) is 13.6. The standard InChI is InChI=1S/C19H22N2O2/c1-14-11-15(2)13-17(12-14)23-10-8-20-19(22)21-9-7-16-5-3-4-6-18(16)21/h3-6,11-13H,7-10H2,1-2H3,(H,20,22). The SMILES string of the molecule is Cc1cc(C)cc(OCCNC(=O)N2CCc3ccccc32)c1. The molecule has 0 unspecified atom stereocenters. The van der Waals surface area contributed by atoms with Crippen molar-refractivity contribution >= 4 is 11.7 Å². The minimum absolute atomic E-state index is 0.0565. The highest BCUT2D eigenvalue weighted by atomic mass is 16.5. The van der Waals surface area contributed by atoms with E-state index in [9.17, 15) is 4.79 Å². The van der Waals surface area contributed by atoms with Gasteiger partial charge < -0.3 is 10.1 Å². The lowest BCUT2D eigenvalue weighted by molar-refractivity contribution is 0.242. The van der Waals surface area contributed by atoms with Gasteiger partial charge in [-0.15, -0.1) is 0 Å². The predicted octanol–water partition coefficient (Wildman–Crippen LogP) is 3.45. The molecule has 3 rings (SSSR count). The molecule has 0 aliphatic carbocycles. The molecule has 23 heavy (non-hydrogen) atoms. The third-order valence-corrected chi connectivity index (χ3v) is 3.97. The number of hydrogen-bond donors (Lipinski definition) is 1. The molecule has 0 fully saturated rings. The fourth-order valence-electron chi connectivity index (χ4n) is 2.99. The van der Waals surface area contributed by atoms with Crippen molar-refractivity contribution in [3.05, 3.63) is 59.2 Å². The molecule has 1 heterocycles. The maximum atomic E-state index is 12.3. The highest BCUT2D eigenvalue weighted by molar-refractivity contribution is 5.94.